The largest absolute Gasteiger partial charge is 0.480 e. The number of carbonyl (C=O) groups is 2. The summed E-state index contributed by atoms with van der Waals surface area (Å²) in [6, 6.07) is 1.17. The van der Waals surface area contributed by atoms with Crippen molar-refractivity contribution in [2.24, 2.45) is 0 Å². The van der Waals surface area contributed by atoms with Gasteiger partial charge in [-0.1, -0.05) is 54.6 Å². The Balaban J connectivity index is 2.72. The van der Waals surface area contributed by atoms with Gasteiger partial charge in [0.1, 0.15) is 6.04 Å². The average Bonchev–Trinajstić information content (AvgIpc) is 2.40. The van der Waals surface area contributed by atoms with Crippen LogP contribution in [0.1, 0.15) is 26.2 Å². The van der Waals surface area contributed by atoms with Crippen LogP contribution in [-0.4, -0.2) is 23.1 Å². The Morgan fingerprint density at radius 2 is 1.81 bits per heavy atom. The van der Waals surface area contributed by atoms with Crippen LogP contribution >= 0.6 is 34.8 Å². The second-order valence-corrected chi connectivity index (χ2v) is 5.60. The number of hydrogen-bond donors (Lipinski definition) is 3. The van der Waals surface area contributed by atoms with E-state index in [-0.39, 0.29) is 20.8 Å². The molecule has 0 aliphatic carbocycles. The molecule has 0 heterocycles. The van der Waals surface area contributed by atoms with Crippen molar-refractivity contribution in [3.8, 4) is 0 Å². The van der Waals surface area contributed by atoms with Gasteiger partial charge in [-0.15, -0.1) is 0 Å². The number of nitrogens with one attached hydrogen (secondary N) is 2. The smallest absolute Gasteiger partial charge is 0.326 e. The highest BCUT2D eigenvalue weighted by Crippen LogP contribution is 2.32. The van der Waals surface area contributed by atoms with Crippen LogP contribution in [-0.2, 0) is 4.79 Å². The molecule has 0 aliphatic heterocycles. The van der Waals surface area contributed by atoms with Crippen molar-refractivity contribution >= 4 is 52.5 Å². The summed E-state index contributed by atoms with van der Waals surface area (Å²) in [6.07, 6.45) is 1.89. The van der Waals surface area contributed by atoms with Crippen molar-refractivity contribution in [1.29, 1.82) is 0 Å². The highest BCUT2D eigenvalue weighted by atomic mass is 35.5. The molecule has 0 spiro atoms. The molecular weight excluding hydrogens is 339 g/mol. The SMILES string of the molecule is CCCCC(NC(=O)Nc1cc(Cl)c(Cl)cc1Cl)C(=O)O. The van der Waals surface area contributed by atoms with Crippen LogP contribution in [0.3, 0.4) is 0 Å². The molecule has 0 aromatic heterocycles. The third kappa shape index (κ3) is 5.61. The molecule has 1 atom stereocenters. The zero-order valence-corrected chi connectivity index (χ0v) is 13.5. The van der Waals surface area contributed by atoms with Crippen molar-refractivity contribution in [2.75, 3.05) is 5.32 Å². The number of carboxylic acids is 1. The van der Waals surface area contributed by atoms with Crippen molar-refractivity contribution in [3.05, 3.63) is 27.2 Å². The van der Waals surface area contributed by atoms with E-state index < -0.39 is 18.0 Å². The van der Waals surface area contributed by atoms with E-state index in [9.17, 15) is 9.59 Å². The summed E-state index contributed by atoms with van der Waals surface area (Å²) in [5.41, 5.74) is 0.253. The molecule has 1 aromatic rings. The van der Waals surface area contributed by atoms with Gasteiger partial charge in [0.2, 0.25) is 0 Å². The maximum Gasteiger partial charge on any atom is 0.326 e. The molecule has 116 valence electrons. The predicted octanol–water partition coefficient (Wildman–Crippen LogP) is 4.41. The first-order valence-corrected chi connectivity index (χ1v) is 7.43. The predicted molar refractivity (Wildman–Crippen MR) is 84.6 cm³/mol. The van der Waals surface area contributed by atoms with Crippen LogP contribution in [0, 0.1) is 0 Å². The van der Waals surface area contributed by atoms with Gasteiger partial charge < -0.3 is 15.7 Å². The number of urea groups is 1. The monoisotopic (exact) mass is 352 g/mol. The summed E-state index contributed by atoms with van der Waals surface area (Å²) in [7, 11) is 0. The third-order valence-electron chi connectivity index (χ3n) is 2.71. The zero-order chi connectivity index (χ0) is 16.0. The van der Waals surface area contributed by atoms with Gasteiger partial charge in [0.05, 0.1) is 20.8 Å². The lowest BCUT2D eigenvalue weighted by Gasteiger charge is -2.15. The van der Waals surface area contributed by atoms with Crippen molar-refractivity contribution in [1.82, 2.24) is 5.32 Å². The topological polar surface area (TPSA) is 78.4 Å². The number of amides is 2. The zero-order valence-electron chi connectivity index (χ0n) is 11.3. The van der Waals surface area contributed by atoms with Gasteiger partial charge in [-0.2, -0.15) is 0 Å². The molecule has 0 fully saturated rings. The number of benzene rings is 1. The van der Waals surface area contributed by atoms with Crippen LogP contribution in [0.25, 0.3) is 0 Å². The fraction of sp³-hybridized carbons (Fsp3) is 0.385. The van der Waals surface area contributed by atoms with E-state index in [2.05, 4.69) is 10.6 Å². The van der Waals surface area contributed by atoms with Crippen molar-refractivity contribution in [3.63, 3.8) is 0 Å². The van der Waals surface area contributed by atoms with E-state index in [4.69, 9.17) is 39.9 Å². The fourth-order valence-electron chi connectivity index (χ4n) is 1.60. The number of halogens is 3. The van der Waals surface area contributed by atoms with E-state index in [1.54, 1.807) is 0 Å². The molecule has 8 heteroatoms. The molecule has 1 rings (SSSR count). The maximum absolute atomic E-state index is 11.8. The summed E-state index contributed by atoms with van der Waals surface area (Å²) in [5, 5.41) is 14.6. The third-order valence-corrected chi connectivity index (χ3v) is 3.74. The summed E-state index contributed by atoms with van der Waals surface area (Å²) < 4.78 is 0. The van der Waals surface area contributed by atoms with Crippen LogP contribution in [0.5, 0.6) is 0 Å². The Bertz CT molecular complexity index is 538. The standard InChI is InChI=1S/C13H15Cl3N2O3/c1-2-3-4-10(12(19)20)17-13(21)18-11-6-8(15)7(14)5-9(11)16/h5-6,10H,2-4H2,1H3,(H,19,20)(H2,17,18,21). The summed E-state index contributed by atoms with van der Waals surface area (Å²) in [6.45, 7) is 1.94. The van der Waals surface area contributed by atoms with Crippen molar-refractivity contribution < 1.29 is 14.7 Å². The molecule has 0 saturated heterocycles. The van der Waals surface area contributed by atoms with Gasteiger partial charge in [-0.3, -0.25) is 0 Å². The van der Waals surface area contributed by atoms with Gasteiger partial charge in [-0.25, -0.2) is 9.59 Å². The molecule has 1 unspecified atom stereocenters. The summed E-state index contributed by atoms with van der Waals surface area (Å²) in [5.74, 6) is -1.08. The normalized spacial score (nSPS) is 11.8. The number of rotatable bonds is 6. The molecule has 1 aromatic carbocycles. The molecule has 5 nitrogen and oxygen atoms in total. The van der Waals surface area contributed by atoms with Gasteiger partial charge in [0, 0.05) is 0 Å². The van der Waals surface area contributed by atoms with E-state index in [0.717, 1.165) is 6.42 Å². The van der Waals surface area contributed by atoms with E-state index in [0.29, 0.717) is 12.8 Å². The second kappa shape index (κ2) is 8.32. The molecule has 2 amide bonds. The quantitative estimate of drug-likeness (QED) is 0.663. The minimum Gasteiger partial charge on any atom is -0.480 e. The van der Waals surface area contributed by atoms with E-state index in [1.165, 1.54) is 12.1 Å². The summed E-state index contributed by atoms with van der Waals surface area (Å²) in [4.78, 5) is 22.9. The minimum atomic E-state index is -1.08. The maximum atomic E-state index is 11.8. The lowest BCUT2D eigenvalue weighted by molar-refractivity contribution is -0.139. The van der Waals surface area contributed by atoms with Crippen LogP contribution in [0.4, 0.5) is 10.5 Å². The minimum absolute atomic E-state index is 0.208. The van der Waals surface area contributed by atoms with Crippen LogP contribution in [0.15, 0.2) is 12.1 Å². The van der Waals surface area contributed by atoms with E-state index in [1.807, 2.05) is 6.92 Å². The molecular formula is C13H15Cl3N2O3. The van der Waals surface area contributed by atoms with Gasteiger partial charge >= 0.3 is 12.0 Å². The average molecular weight is 354 g/mol. The van der Waals surface area contributed by atoms with E-state index >= 15 is 0 Å². The number of unbranched alkanes of at least 4 members (excludes halogenated alkanes) is 1. The Morgan fingerprint density at radius 1 is 1.19 bits per heavy atom. The molecule has 21 heavy (non-hydrogen) atoms. The lowest BCUT2D eigenvalue weighted by atomic mass is 10.1. The Hall–Kier alpha value is -1.17. The van der Waals surface area contributed by atoms with Gasteiger partial charge in [0.15, 0.2) is 0 Å². The molecule has 0 radical (unpaired) electrons. The first-order valence-electron chi connectivity index (χ1n) is 6.30. The molecule has 0 bridgehead atoms. The van der Waals surface area contributed by atoms with Gasteiger partial charge in [0.25, 0.3) is 0 Å². The number of hydrogen-bond acceptors (Lipinski definition) is 2. The van der Waals surface area contributed by atoms with Crippen LogP contribution < -0.4 is 10.6 Å². The number of carboxylic acid groups (broad SMARTS) is 1. The first kappa shape index (κ1) is 17.9. The highest BCUT2D eigenvalue weighted by molar-refractivity contribution is 6.44. The Kier molecular flexibility index (Phi) is 7.08. The second-order valence-electron chi connectivity index (χ2n) is 4.38. The Morgan fingerprint density at radius 3 is 2.38 bits per heavy atom. The van der Waals surface area contributed by atoms with Gasteiger partial charge in [-0.05, 0) is 18.6 Å². The molecule has 0 aliphatic rings. The molecule has 3 N–H and O–H groups in total. The number of anilines is 1. The van der Waals surface area contributed by atoms with Crippen molar-refractivity contribution in [2.45, 2.75) is 32.2 Å². The lowest BCUT2D eigenvalue weighted by Crippen LogP contribution is -2.43. The first-order chi connectivity index (χ1) is 9.85. The summed E-state index contributed by atoms with van der Waals surface area (Å²) >= 11 is 17.5. The fourth-order valence-corrected chi connectivity index (χ4v) is 2.19. The number of carbonyl (C=O) groups excluding carboxylic acids is 1. The Labute approximate surface area is 137 Å². The molecule has 0 saturated carbocycles. The number of aliphatic carboxylic acids is 1. The highest BCUT2D eigenvalue weighted by Gasteiger charge is 2.19. The van der Waals surface area contributed by atoms with Crippen LogP contribution in [0.2, 0.25) is 15.1 Å².